The second kappa shape index (κ2) is 4.88. The second-order valence-electron chi connectivity index (χ2n) is 4.20. The third-order valence-electron chi connectivity index (χ3n) is 2.86. The van der Waals surface area contributed by atoms with Crippen LogP contribution < -0.4 is 5.32 Å². The van der Waals surface area contributed by atoms with Crippen molar-refractivity contribution < 1.29 is 18.0 Å². The van der Waals surface area contributed by atoms with Gasteiger partial charge in [0.15, 0.2) is 0 Å². The molecule has 2 amide bonds. The van der Waals surface area contributed by atoms with E-state index in [4.69, 9.17) is 0 Å². The summed E-state index contributed by atoms with van der Waals surface area (Å²) in [5.74, 6) is 0. The minimum atomic E-state index is -4.35. The van der Waals surface area contributed by atoms with Crippen LogP contribution in [0.2, 0.25) is 0 Å². The van der Waals surface area contributed by atoms with Crippen molar-refractivity contribution in [1.82, 2.24) is 4.90 Å². The molecule has 0 bridgehead atoms. The average Bonchev–Trinajstić information content (AvgIpc) is 2.82. The molecule has 0 aliphatic carbocycles. The van der Waals surface area contributed by atoms with Crippen molar-refractivity contribution in [2.75, 3.05) is 18.4 Å². The fourth-order valence-corrected chi connectivity index (χ4v) is 1.87. The SMILES string of the molecule is O=C(Nc1ccc(C(F)(F)F)cc1)N1CCCC1. The van der Waals surface area contributed by atoms with Gasteiger partial charge in [0.05, 0.1) is 5.56 Å². The van der Waals surface area contributed by atoms with Gasteiger partial charge in [-0.3, -0.25) is 0 Å². The molecule has 0 atom stereocenters. The van der Waals surface area contributed by atoms with Crippen LogP contribution in [0.3, 0.4) is 0 Å². The number of carbonyl (C=O) groups is 1. The number of rotatable bonds is 1. The Morgan fingerprint density at radius 2 is 1.67 bits per heavy atom. The van der Waals surface area contributed by atoms with E-state index in [2.05, 4.69) is 5.32 Å². The van der Waals surface area contributed by atoms with Gasteiger partial charge in [-0.2, -0.15) is 13.2 Å². The van der Waals surface area contributed by atoms with E-state index in [-0.39, 0.29) is 6.03 Å². The van der Waals surface area contributed by atoms with E-state index in [1.807, 2.05) is 0 Å². The lowest BCUT2D eigenvalue weighted by Crippen LogP contribution is -2.32. The number of alkyl halides is 3. The zero-order chi connectivity index (χ0) is 13.2. The topological polar surface area (TPSA) is 32.3 Å². The average molecular weight is 258 g/mol. The highest BCUT2D eigenvalue weighted by atomic mass is 19.4. The molecule has 0 radical (unpaired) electrons. The van der Waals surface area contributed by atoms with Crippen molar-refractivity contribution in [3.05, 3.63) is 29.8 Å². The van der Waals surface area contributed by atoms with Crippen LogP contribution >= 0.6 is 0 Å². The molecule has 1 heterocycles. The van der Waals surface area contributed by atoms with Crippen LogP contribution in [0.5, 0.6) is 0 Å². The molecule has 1 aliphatic rings. The maximum Gasteiger partial charge on any atom is 0.416 e. The van der Waals surface area contributed by atoms with E-state index < -0.39 is 11.7 Å². The Bertz CT molecular complexity index is 422. The van der Waals surface area contributed by atoms with Crippen LogP contribution in [0.15, 0.2) is 24.3 Å². The zero-order valence-corrected chi connectivity index (χ0v) is 9.63. The monoisotopic (exact) mass is 258 g/mol. The first kappa shape index (κ1) is 12.7. The van der Waals surface area contributed by atoms with E-state index in [0.717, 1.165) is 25.0 Å². The summed E-state index contributed by atoms with van der Waals surface area (Å²) >= 11 is 0. The number of likely N-dealkylation sites (tertiary alicyclic amines) is 1. The number of nitrogens with one attached hydrogen (secondary N) is 1. The summed E-state index contributed by atoms with van der Waals surface area (Å²) in [6.07, 6.45) is -2.40. The number of hydrogen-bond acceptors (Lipinski definition) is 1. The van der Waals surface area contributed by atoms with Gasteiger partial charge in [-0.1, -0.05) is 0 Å². The minimum Gasteiger partial charge on any atom is -0.325 e. The molecule has 98 valence electrons. The molecule has 1 aliphatic heterocycles. The summed E-state index contributed by atoms with van der Waals surface area (Å²) in [7, 11) is 0. The lowest BCUT2D eigenvalue weighted by atomic mass is 10.2. The molecule has 1 N–H and O–H groups in total. The Labute approximate surface area is 103 Å². The normalized spacial score (nSPS) is 15.8. The highest BCUT2D eigenvalue weighted by Crippen LogP contribution is 2.29. The molecule has 6 heteroatoms. The standard InChI is InChI=1S/C12H13F3N2O/c13-12(14,15)9-3-5-10(6-4-9)16-11(18)17-7-1-2-8-17/h3-6H,1-2,7-8H2,(H,16,18). The zero-order valence-electron chi connectivity index (χ0n) is 9.63. The first-order valence-electron chi connectivity index (χ1n) is 5.70. The largest absolute Gasteiger partial charge is 0.416 e. The lowest BCUT2D eigenvalue weighted by molar-refractivity contribution is -0.137. The Hall–Kier alpha value is -1.72. The van der Waals surface area contributed by atoms with Crippen molar-refractivity contribution >= 4 is 11.7 Å². The molecule has 3 nitrogen and oxygen atoms in total. The molecule has 0 saturated carbocycles. The maximum atomic E-state index is 12.3. The van der Waals surface area contributed by atoms with Crippen LogP contribution in [0.25, 0.3) is 0 Å². The Kier molecular flexibility index (Phi) is 3.45. The quantitative estimate of drug-likeness (QED) is 0.823. The van der Waals surface area contributed by atoms with Gasteiger partial charge >= 0.3 is 12.2 Å². The molecule has 1 aromatic rings. The van der Waals surface area contributed by atoms with Gasteiger partial charge < -0.3 is 10.2 Å². The smallest absolute Gasteiger partial charge is 0.325 e. The Morgan fingerprint density at radius 1 is 1.11 bits per heavy atom. The number of amides is 2. The number of nitrogens with zero attached hydrogens (tertiary/aromatic N) is 1. The van der Waals surface area contributed by atoms with Gasteiger partial charge in [0, 0.05) is 18.8 Å². The van der Waals surface area contributed by atoms with Crippen molar-refractivity contribution in [2.24, 2.45) is 0 Å². The molecule has 18 heavy (non-hydrogen) atoms. The van der Waals surface area contributed by atoms with Crippen LogP contribution in [0.4, 0.5) is 23.7 Å². The van der Waals surface area contributed by atoms with Crippen LogP contribution in [0.1, 0.15) is 18.4 Å². The van der Waals surface area contributed by atoms with Gasteiger partial charge in [0.25, 0.3) is 0 Å². The number of carbonyl (C=O) groups excluding carboxylic acids is 1. The van der Waals surface area contributed by atoms with Gasteiger partial charge in [-0.25, -0.2) is 4.79 Å². The molecule has 1 aromatic carbocycles. The van der Waals surface area contributed by atoms with Crippen molar-refractivity contribution in [2.45, 2.75) is 19.0 Å². The maximum absolute atomic E-state index is 12.3. The fourth-order valence-electron chi connectivity index (χ4n) is 1.87. The summed E-state index contributed by atoms with van der Waals surface area (Å²) in [5, 5.41) is 2.58. The highest BCUT2D eigenvalue weighted by Gasteiger charge is 2.30. The number of anilines is 1. The van der Waals surface area contributed by atoms with Gasteiger partial charge in [0.2, 0.25) is 0 Å². The summed E-state index contributed by atoms with van der Waals surface area (Å²) in [4.78, 5) is 13.3. The van der Waals surface area contributed by atoms with E-state index in [1.54, 1.807) is 4.90 Å². The number of hydrogen-bond donors (Lipinski definition) is 1. The van der Waals surface area contributed by atoms with E-state index in [9.17, 15) is 18.0 Å². The minimum absolute atomic E-state index is 0.257. The summed E-state index contributed by atoms with van der Waals surface area (Å²) in [6, 6.07) is 4.18. The van der Waals surface area contributed by atoms with Crippen molar-refractivity contribution in [3.8, 4) is 0 Å². The van der Waals surface area contributed by atoms with E-state index >= 15 is 0 Å². The number of urea groups is 1. The van der Waals surface area contributed by atoms with E-state index in [0.29, 0.717) is 18.8 Å². The fraction of sp³-hybridized carbons (Fsp3) is 0.417. The second-order valence-corrected chi connectivity index (χ2v) is 4.20. The number of halogens is 3. The van der Waals surface area contributed by atoms with Crippen molar-refractivity contribution in [3.63, 3.8) is 0 Å². The lowest BCUT2D eigenvalue weighted by Gasteiger charge is -2.16. The molecular formula is C12H13F3N2O. The third kappa shape index (κ3) is 2.94. The molecule has 1 fully saturated rings. The Balaban J connectivity index is 2.00. The van der Waals surface area contributed by atoms with Crippen molar-refractivity contribution in [1.29, 1.82) is 0 Å². The summed E-state index contributed by atoms with van der Waals surface area (Å²) < 4.78 is 37.0. The van der Waals surface area contributed by atoms with E-state index in [1.165, 1.54) is 12.1 Å². The molecule has 2 rings (SSSR count). The van der Waals surface area contributed by atoms with Gasteiger partial charge in [-0.15, -0.1) is 0 Å². The molecule has 0 aromatic heterocycles. The third-order valence-corrected chi connectivity index (χ3v) is 2.86. The van der Waals surface area contributed by atoms with Gasteiger partial charge in [-0.05, 0) is 37.1 Å². The summed E-state index contributed by atoms with van der Waals surface area (Å²) in [5.41, 5.74) is -0.346. The molecule has 0 spiro atoms. The van der Waals surface area contributed by atoms with Gasteiger partial charge in [0.1, 0.15) is 0 Å². The Morgan fingerprint density at radius 3 is 2.17 bits per heavy atom. The van der Waals surface area contributed by atoms with Crippen LogP contribution in [0, 0.1) is 0 Å². The van der Waals surface area contributed by atoms with Crippen LogP contribution in [-0.2, 0) is 6.18 Å². The van der Waals surface area contributed by atoms with Crippen LogP contribution in [-0.4, -0.2) is 24.0 Å². The predicted octanol–water partition coefficient (Wildman–Crippen LogP) is 3.33. The number of benzene rings is 1. The molecular weight excluding hydrogens is 245 g/mol. The molecule has 1 saturated heterocycles. The molecule has 0 unspecified atom stereocenters. The first-order valence-corrected chi connectivity index (χ1v) is 5.70. The highest BCUT2D eigenvalue weighted by molar-refractivity contribution is 5.89. The summed E-state index contributed by atoms with van der Waals surface area (Å²) in [6.45, 7) is 1.40. The first-order chi connectivity index (χ1) is 8.47. The predicted molar refractivity (Wildman–Crippen MR) is 61.3 cm³/mol.